The molecule has 4 nitrogen and oxygen atoms in total. The van der Waals surface area contributed by atoms with Crippen molar-refractivity contribution in [2.24, 2.45) is 10.3 Å². The molecule has 0 radical (unpaired) electrons. The number of rotatable bonds is 2. The molecule has 0 aliphatic carbocycles. The van der Waals surface area contributed by atoms with Crippen LogP contribution < -0.4 is 4.74 Å². The van der Waals surface area contributed by atoms with Gasteiger partial charge in [-0.3, -0.25) is 0 Å². The summed E-state index contributed by atoms with van der Waals surface area (Å²) in [5, 5.41) is 0. The maximum absolute atomic E-state index is 12.7. The largest absolute Gasteiger partial charge is 0.591 e. The van der Waals surface area contributed by atoms with Crippen LogP contribution in [0.15, 0.2) is 27.1 Å². The normalized spacial score (nSPS) is 28.3. The highest BCUT2D eigenvalue weighted by molar-refractivity contribution is 9.10. The second kappa shape index (κ2) is 7.46. The number of ether oxygens (including phenoxy) is 2. The molecule has 6 heteroatoms. The Kier molecular flexibility index (Phi) is 5.79. The zero-order chi connectivity index (χ0) is 19.1. The van der Waals surface area contributed by atoms with Crippen LogP contribution in [-0.2, 0) is 16.1 Å². The fourth-order valence-corrected chi connectivity index (χ4v) is 4.53. The number of nitrogens with zero attached hydrogens (tertiary/aromatic N) is 1. The lowest BCUT2D eigenvalue weighted by atomic mass is 9.81. The Balaban J connectivity index is 1.93. The summed E-state index contributed by atoms with van der Waals surface area (Å²) in [6.45, 7) is 10.9. The minimum atomic E-state index is -1.29. The van der Waals surface area contributed by atoms with E-state index in [1.807, 2.05) is 39.0 Å². The van der Waals surface area contributed by atoms with Gasteiger partial charge in [-0.15, -0.1) is 0 Å². The van der Waals surface area contributed by atoms with Gasteiger partial charge in [0.25, 0.3) is 0 Å². The number of fused-ring (bicyclic) bond motifs is 1. The third-order valence-corrected chi connectivity index (χ3v) is 6.83. The van der Waals surface area contributed by atoms with Crippen LogP contribution in [0.5, 0.6) is 5.75 Å². The highest BCUT2D eigenvalue weighted by Gasteiger charge is 2.39. The second-order valence-electron chi connectivity index (χ2n) is 8.76. The summed E-state index contributed by atoms with van der Waals surface area (Å²) in [6, 6.07) is 5.97. The van der Waals surface area contributed by atoms with Crippen molar-refractivity contribution in [1.29, 1.82) is 0 Å². The van der Waals surface area contributed by atoms with Crippen LogP contribution in [0.2, 0.25) is 0 Å². The average molecular weight is 442 g/mol. The lowest BCUT2D eigenvalue weighted by Crippen LogP contribution is -2.43. The van der Waals surface area contributed by atoms with Crippen LogP contribution in [0.3, 0.4) is 0 Å². The molecular formula is C20H28BrNO3S. The fourth-order valence-electron chi connectivity index (χ4n) is 3.52. The molecule has 2 heterocycles. The number of benzene rings is 1. The van der Waals surface area contributed by atoms with Gasteiger partial charge in [-0.25, -0.2) is 0 Å². The van der Waals surface area contributed by atoms with Gasteiger partial charge in [0.05, 0.1) is 5.60 Å². The Bertz CT molecular complexity index is 699. The predicted molar refractivity (Wildman–Crippen MR) is 110 cm³/mol. The topological polar surface area (TPSA) is 53.9 Å². The summed E-state index contributed by atoms with van der Waals surface area (Å²) >= 11 is 2.24. The van der Waals surface area contributed by atoms with Gasteiger partial charge in [0.1, 0.15) is 33.7 Å². The van der Waals surface area contributed by atoms with Crippen molar-refractivity contribution in [1.82, 2.24) is 0 Å². The van der Waals surface area contributed by atoms with E-state index in [2.05, 4.69) is 34.2 Å². The van der Waals surface area contributed by atoms with Crippen molar-refractivity contribution in [3.8, 4) is 5.75 Å². The van der Waals surface area contributed by atoms with Crippen molar-refractivity contribution in [2.45, 2.75) is 70.3 Å². The van der Waals surface area contributed by atoms with Gasteiger partial charge in [-0.2, -0.15) is 0 Å². The van der Waals surface area contributed by atoms with E-state index >= 15 is 0 Å². The van der Waals surface area contributed by atoms with Gasteiger partial charge < -0.3 is 14.0 Å². The third kappa shape index (κ3) is 4.64. The summed E-state index contributed by atoms with van der Waals surface area (Å²) in [7, 11) is 0. The molecular weight excluding hydrogens is 414 g/mol. The standard InChI is InChI=1S/C20H28BrNO3S/c1-19(2,3)26(23)22-16-11-18(13-8-9-24-20(4,5)12-13)25-17-7-6-14(21)10-15(16)17/h6-7,10,13,18H,8-9,11-12H2,1-5H3/b22-16+. The first-order chi connectivity index (χ1) is 12.0. The van der Waals surface area contributed by atoms with Gasteiger partial charge in [0, 0.05) is 29.0 Å². The van der Waals surface area contributed by atoms with Crippen molar-refractivity contribution < 1.29 is 14.0 Å². The zero-order valence-electron chi connectivity index (χ0n) is 16.2. The number of halogens is 1. The van der Waals surface area contributed by atoms with Crippen LogP contribution in [-0.4, -0.2) is 33.3 Å². The molecule has 0 N–H and O–H groups in total. The maximum Gasteiger partial charge on any atom is 0.144 e. The number of hydrogen-bond donors (Lipinski definition) is 0. The SMILES string of the molecule is CC1(C)CC(C2C/C(=N\[S+]([O-])C(C)(C)C)c3cc(Br)ccc3O2)CCO1. The first-order valence-corrected chi connectivity index (χ1v) is 11.1. The Hall–Kier alpha value is -0.560. The van der Waals surface area contributed by atoms with Gasteiger partial charge in [0.15, 0.2) is 0 Å². The molecule has 0 aromatic heterocycles. The van der Waals surface area contributed by atoms with E-state index in [0.29, 0.717) is 12.3 Å². The first kappa shape index (κ1) is 20.2. The Labute approximate surface area is 168 Å². The fraction of sp³-hybridized carbons (Fsp3) is 0.650. The molecule has 1 fully saturated rings. The molecule has 3 rings (SSSR count). The quantitative estimate of drug-likeness (QED) is 0.602. The van der Waals surface area contributed by atoms with E-state index in [1.54, 1.807) is 0 Å². The predicted octanol–water partition coefficient (Wildman–Crippen LogP) is 5.06. The van der Waals surface area contributed by atoms with E-state index in [0.717, 1.165) is 40.9 Å². The summed E-state index contributed by atoms with van der Waals surface area (Å²) < 4.78 is 30.1. The molecule has 0 bridgehead atoms. The Morgan fingerprint density at radius 2 is 2.04 bits per heavy atom. The monoisotopic (exact) mass is 441 g/mol. The Morgan fingerprint density at radius 3 is 2.69 bits per heavy atom. The molecule has 2 aliphatic rings. The molecule has 1 saturated heterocycles. The van der Waals surface area contributed by atoms with E-state index < -0.39 is 11.4 Å². The summed E-state index contributed by atoms with van der Waals surface area (Å²) in [5.74, 6) is 1.24. The first-order valence-electron chi connectivity index (χ1n) is 9.15. The molecule has 2 aliphatic heterocycles. The van der Waals surface area contributed by atoms with Crippen molar-refractivity contribution in [2.75, 3.05) is 6.61 Å². The Morgan fingerprint density at radius 1 is 1.31 bits per heavy atom. The summed E-state index contributed by atoms with van der Waals surface area (Å²) in [6.07, 6.45) is 2.67. The average Bonchev–Trinajstić information content (AvgIpc) is 2.53. The highest BCUT2D eigenvalue weighted by atomic mass is 79.9. The van der Waals surface area contributed by atoms with Crippen LogP contribution in [0, 0.1) is 5.92 Å². The lowest BCUT2D eigenvalue weighted by molar-refractivity contribution is -0.0909. The molecule has 0 saturated carbocycles. The molecule has 3 unspecified atom stereocenters. The molecule has 1 aromatic rings. The molecule has 144 valence electrons. The molecule has 3 atom stereocenters. The van der Waals surface area contributed by atoms with Gasteiger partial charge in [-0.05, 0) is 65.7 Å². The van der Waals surface area contributed by atoms with Gasteiger partial charge in [-0.1, -0.05) is 20.3 Å². The van der Waals surface area contributed by atoms with Crippen molar-refractivity contribution >= 4 is 33.0 Å². The minimum Gasteiger partial charge on any atom is -0.591 e. The van der Waals surface area contributed by atoms with Crippen LogP contribution in [0.25, 0.3) is 0 Å². The molecule has 26 heavy (non-hydrogen) atoms. The zero-order valence-corrected chi connectivity index (χ0v) is 18.6. The van der Waals surface area contributed by atoms with E-state index in [4.69, 9.17) is 9.47 Å². The van der Waals surface area contributed by atoms with E-state index in [1.165, 1.54) is 0 Å². The van der Waals surface area contributed by atoms with E-state index in [9.17, 15) is 4.55 Å². The van der Waals surface area contributed by atoms with Gasteiger partial charge >= 0.3 is 0 Å². The van der Waals surface area contributed by atoms with Crippen LogP contribution in [0.1, 0.15) is 59.4 Å². The third-order valence-electron chi connectivity index (χ3n) is 4.90. The van der Waals surface area contributed by atoms with Crippen LogP contribution >= 0.6 is 15.9 Å². The summed E-state index contributed by atoms with van der Waals surface area (Å²) in [4.78, 5) is 0. The second-order valence-corrected chi connectivity index (χ2v) is 11.6. The van der Waals surface area contributed by atoms with Crippen molar-refractivity contribution in [3.05, 3.63) is 28.2 Å². The van der Waals surface area contributed by atoms with Crippen molar-refractivity contribution in [3.63, 3.8) is 0 Å². The molecule has 0 spiro atoms. The highest BCUT2D eigenvalue weighted by Crippen LogP contribution is 2.39. The molecule has 0 amide bonds. The van der Waals surface area contributed by atoms with Gasteiger partial charge in [0.2, 0.25) is 0 Å². The van der Waals surface area contributed by atoms with E-state index in [-0.39, 0.29) is 16.5 Å². The smallest absolute Gasteiger partial charge is 0.144 e. The van der Waals surface area contributed by atoms with Crippen LogP contribution in [0.4, 0.5) is 0 Å². The number of hydrogen-bond acceptors (Lipinski definition) is 4. The minimum absolute atomic E-state index is 0.0440. The summed E-state index contributed by atoms with van der Waals surface area (Å²) in [5.41, 5.74) is 1.70. The lowest BCUT2D eigenvalue weighted by Gasteiger charge is -2.40. The maximum atomic E-state index is 12.7. The molecule has 1 aromatic carbocycles.